The van der Waals surface area contributed by atoms with Crippen molar-refractivity contribution in [2.75, 3.05) is 0 Å². The Morgan fingerprint density at radius 2 is 1.57 bits per heavy atom. The monoisotopic (exact) mass is 276 g/mol. The maximum atomic E-state index is 4.91. The van der Waals surface area contributed by atoms with Crippen molar-refractivity contribution in [3.63, 3.8) is 0 Å². The van der Waals surface area contributed by atoms with Crippen molar-refractivity contribution in [2.24, 2.45) is 4.99 Å². The van der Waals surface area contributed by atoms with E-state index < -0.39 is 0 Å². The van der Waals surface area contributed by atoms with Crippen LogP contribution in [0.25, 0.3) is 0 Å². The van der Waals surface area contributed by atoms with Crippen LogP contribution in [-0.2, 0) is 0 Å². The van der Waals surface area contributed by atoms with Crippen LogP contribution < -0.4 is 5.32 Å². The van der Waals surface area contributed by atoms with Gasteiger partial charge in [-0.3, -0.25) is 4.99 Å². The summed E-state index contributed by atoms with van der Waals surface area (Å²) in [4.78, 5) is 4.91. The standard InChI is InChI=1S/C19H20N2/c1-2-3-14-17-20-18(15-10-6-4-7-11-15)19(21-17)16-12-8-5-9-13-16/h2,4-13,18-19H,1,3,14H2,(H,20,21)/t18-,19+. The molecule has 21 heavy (non-hydrogen) atoms. The van der Waals surface area contributed by atoms with Crippen molar-refractivity contribution in [1.29, 1.82) is 0 Å². The van der Waals surface area contributed by atoms with Crippen molar-refractivity contribution >= 4 is 5.84 Å². The van der Waals surface area contributed by atoms with Crippen LogP contribution in [0.15, 0.2) is 78.3 Å². The van der Waals surface area contributed by atoms with Crippen LogP contribution >= 0.6 is 0 Å². The maximum absolute atomic E-state index is 4.91. The van der Waals surface area contributed by atoms with Gasteiger partial charge in [0.25, 0.3) is 0 Å². The van der Waals surface area contributed by atoms with E-state index in [1.165, 1.54) is 11.1 Å². The highest BCUT2D eigenvalue weighted by Crippen LogP contribution is 2.36. The summed E-state index contributed by atoms with van der Waals surface area (Å²) in [5, 5.41) is 3.59. The SMILES string of the molecule is C=CCCC1=N[C@@H](c2ccccc2)[C@@H](c2ccccc2)N1. The second-order valence-electron chi connectivity index (χ2n) is 5.29. The van der Waals surface area contributed by atoms with Gasteiger partial charge in [0, 0.05) is 6.42 Å². The topological polar surface area (TPSA) is 24.4 Å². The molecular weight excluding hydrogens is 256 g/mol. The van der Waals surface area contributed by atoms with Crippen molar-refractivity contribution in [1.82, 2.24) is 5.32 Å². The molecule has 1 aliphatic rings. The number of rotatable bonds is 5. The quantitative estimate of drug-likeness (QED) is 0.802. The Labute approximate surface area is 126 Å². The molecule has 2 aromatic rings. The molecule has 0 spiro atoms. The normalized spacial score (nSPS) is 20.7. The zero-order valence-corrected chi connectivity index (χ0v) is 12.1. The fourth-order valence-corrected chi connectivity index (χ4v) is 2.76. The highest BCUT2D eigenvalue weighted by molar-refractivity contribution is 5.85. The molecule has 2 heteroatoms. The van der Waals surface area contributed by atoms with Crippen LogP contribution in [0.1, 0.15) is 36.1 Å². The van der Waals surface area contributed by atoms with Crippen molar-refractivity contribution in [3.05, 3.63) is 84.4 Å². The molecule has 2 aromatic carbocycles. The minimum absolute atomic E-state index is 0.147. The van der Waals surface area contributed by atoms with E-state index in [4.69, 9.17) is 4.99 Å². The van der Waals surface area contributed by atoms with Gasteiger partial charge >= 0.3 is 0 Å². The second-order valence-corrected chi connectivity index (χ2v) is 5.29. The van der Waals surface area contributed by atoms with Crippen LogP contribution in [-0.4, -0.2) is 5.84 Å². The Kier molecular flexibility index (Phi) is 4.15. The summed E-state index contributed by atoms with van der Waals surface area (Å²) in [6.07, 6.45) is 3.82. The molecule has 0 aromatic heterocycles. The molecule has 2 atom stereocenters. The predicted octanol–water partition coefficient (Wildman–Crippen LogP) is 4.44. The third-order valence-corrected chi connectivity index (χ3v) is 3.82. The summed E-state index contributed by atoms with van der Waals surface area (Å²) >= 11 is 0. The first-order chi connectivity index (χ1) is 10.4. The van der Waals surface area contributed by atoms with Gasteiger partial charge in [-0.1, -0.05) is 66.7 Å². The molecule has 0 amide bonds. The Balaban J connectivity index is 1.90. The summed E-state index contributed by atoms with van der Waals surface area (Å²) < 4.78 is 0. The number of aliphatic imine (C=N–C) groups is 1. The van der Waals surface area contributed by atoms with E-state index in [9.17, 15) is 0 Å². The lowest BCUT2D eigenvalue weighted by molar-refractivity contribution is 0.571. The van der Waals surface area contributed by atoms with E-state index in [0.717, 1.165) is 18.7 Å². The average molecular weight is 276 g/mol. The van der Waals surface area contributed by atoms with Crippen molar-refractivity contribution in [3.8, 4) is 0 Å². The average Bonchev–Trinajstić information content (AvgIpc) is 2.99. The van der Waals surface area contributed by atoms with Crippen LogP contribution in [0.3, 0.4) is 0 Å². The van der Waals surface area contributed by atoms with E-state index >= 15 is 0 Å². The van der Waals surface area contributed by atoms with Gasteiger partial charge in [0.1, 0.15) is 6.04 Å². The molecule has 0 fully saturated rings. The lowest BCUT2D eigenvalue weighted by Gasteiger charge is -2.19. The summed E-state index contributed by atoms with van der Waals surface area (Å²) in [5.74, 6) is 1.08. The van der Waals surface area contributed by atoms with Gasteiger partial charge in [-0.05, 0) is 17.5 Å². The number of nitrogens with one attached hydrogen (secondary N) is 1. The van der Waals surface area contributed by atoms with Gasteiger partial charge < -0.3 is 5.32 Å². The minimum Gasteiger partial charge on any atom is -0.364 e. The minimum atomic E-state index is 0.147. The largest absolute Gasteiger partial charge is 0.364 e. The molecule has 0 bridgehead atoms. The van der Waals surface area contributed by atoms with E-state index in [0.29, 0.717) is 0 Å². The molecule has 0 aliphatic carbocycles. The van der Waals surface area contributed by atoms with Gasteiger partial charge in [0.15, 0.2) is 0 Å². The maximum Gasteiger partial charge on any atom is 0.101 e. The Morgan fingerprint density at radius 1 is 0.952 bits per heavy atom. The van der Waals surface area contributed by atoms with Crippen LogP contribution in [0, 0.1) is 0 Å². The molecule has 1 aliphatic heterocycles. The van der Waals surface area contributed by atoms with Crippen LogP contribution in [0.2, 0.25) is 0 Å². The van der Waals surface area contributed by atoms with Gasteiger partial charge in [-0.2, -0.15) is 0 Å². The van der Waals surface area contributed by atoms with E-state index in [1.807, 2.05) is 12.1 Å². The number of nitrogens with zero attached hydrogens (tertiary/aromatic N) is 1. The molecule has 0 saturated carbocycles. The van der Waals surface area contributed by atoms with Crippen LogP contribution in [0.4, 0.5) is 0 Å². The molecule has 0 radical (unpaired) electrons. The molecular formula is C19H20N2. The molecule has 0 unspecified atom stereocenters. The van der Waals surface area contributed by atoms with Crippen LogP contribution in [0.5, 0.6) is 0 Å². The number of benzene rings is 2. The second kappa shape index (κ2) is 6.40. The molecule has 2 nitrogen and oxygen atoms in total. The Bertz CT molecular complexity index is 617. The molecule has 106 valence electrons. The van der Waals surface area contributed by atoms with E-state index in [1.54, 1.807) is 0 Å². The van der Waals surface area contributed by atoms with E-state index in [-0.39, 0.29) is 12.1 Å². The lowest BCUT2D eigenvalue weighted by atomic mass is 9.95. The van der Waals surface area contributed by atoms with Gasteiger partial charge in [0.2, 0.25) is 0 Å². The lowest BCUT2D eigenvalue weighted by Crippen LogP contribution is -2.24. The highest BCUT2D eigenvalue weighted by atomic mass is 15.1. The number of amidine groups is 1. The third kappa shape index (κ3) is 3.05. The van der Waals surface area contributed by atoms with Gasteiger partial charge in [0.05, 0.1) is 11.9 Å². The molecule has 3 rings (SSSR count). The zero-order chi connectivity index (χ0) is 14.5. The number of hydrogen-bond acceptors (Lipinski definition) is 2. The number of hydrogen-bond donors (Lipinski definition) is 1. The molecule has 1 heterocycles. The van der Waals surface area contributed by atoms with E-state index in [2.05, 4.69) is 66.5 Å². The number of allylic oxidation sites excluding steroid dienone is 1. The summed E-state index contributed by atoms with van der Waals surface area (Å²) in [6.45, 7) is 3.79. The molecule has 1 N–H and O–H groups in total. The fourth-order valence-electron chi connectivity index (χ4n) is 2.76. The Hall–Kier alpha value is -2.35. The summed E-state index contributed by atoms with van der Waals surface area (Å²) in [6, 6.07) is 21.4. The predicted molar refractivity (Wildman–Crippen MR) is 88.4 cm³/mol. The third-order valence-electron chi connectivity index (χ3n) is 3.82. The highest BCUT2D eigenvalue weighted by Gasteiger charge is 2.30. The first-order valence-corrected chi connectivity index (χ1v) is 7.42. The van der Waals surface area contributed by atoms with Crippen molar-refractivity contribution < 1.29 is 0 Å². The smallest absolute Gasteiger partial charge is 0.101 e. The van der Waals surface area contributed by atoms with Gasteiger partial charge in [-0.25, -0.2) is 0 Å². The first kappa shape index (κ1) is 13.6. The zero-order valence-electron chi connectivity index (χ0n) is 12.1. The molecule has 0 saturated heterocycles. The summed E-state index contributed by atoms with van der Waals surface area (Å²) in [5.41, 5.74) is 2.54. The van der Waals surface area contributed by atoms with Gasteiger partial charge in [-0.15, -0.1) is 6.58 Å². The van der Waals surface area contributed by atoms with Crippen molar-refractivity contribution in [2.45, 2.75) is 24.9 Å². The fraction of sp³-hybridized carbons (Fsp3) is 0.211. The first-order valence-electron chi connectivity index (χ1n) is 7.42. The summed E-state index contributed by atoms with van der Waals surface area (Å²) in [7, 11) is 0. The Morgan fingerprint density at radius 3 is 2.19 bits per heavy atom.